The van der Waals surface area contributed by atoms with Crippen LogP contribution in [0.5, 0.6) is 0 Å². The van der Waals surface area contributed by atoms with Gasteiger partial charge in [0.1, 0.15) is 15.9 Å². The van der Waals surface area contributed by atoms with Gasteiger partial charge in [0.05, 0.1) is 7.92 Å². The van der Waals surface area contributed by atoms with Crippen LogP contribution in [0.1, 0.15) is 0 Å². The first-order valence-electron chi connectivity index (χ1n) is 9.55. The molecule has 152 valence electrons. The standard InChI is InChI=1S/C18H15P.C9H7.CH3.Ni/c1-4-10-16(11-5-1)19(17-12-6-2-7-13-17)18-14-8-3-9-15-18;1-2-5-9-7-3-6-8(9)4-1;;/h1-15H;1-7H;1H3;/q;2*-1;+2/p+1. The van der Waals surface area contributed by atoms with Crippen molar-refractivity contribution in [3.63, 3.8) is 0 Å². The maximum absolute atomic E-state index is 2.24. The Kier molecular flexibility index (Phi) is 9.62. The molecule has 0 saturated heterocycles. The van der Waals surface area contributed by atoms with Gasteiger partial charge >= 0.3 is 16.5 Å². The van der Waals surface area contributed by atoms with Gasteiger partial charge in [-0.2, -0.15) is 17.5 Å². The summed E-state index contributed by atoms with van der Waals surface area (Å²) in [6.07, 6.45) is 0. The first kappa shape index (κ1) is 23.7. The van der Waals surface area contributed by atoms with Crippen molar-refractivity contribution in [1.82, 2.24) is 0 Å². The zero-order valence-corrected chi connectivity index (χ0v) is 19.0. The minimum atomic E-state index is -0.877. The van der Waals surface area contributed by atoms with E-state index in [2.05, 4.69) is 133 Å². The van der Waals surface area contributed by atoms with Crippen molar-refractivity contribution >= 4 is 34.6 Å². The average molecular weight is 452 g/mol. The van der Waals surface area contributed by atoms with Gasteiger partial charge in [0, 0.05) is 0 Å². The van der Waals surface area contributed by atoms with Crippen LogP contribution in [-0.4, -0.2) is 0 Å². The van der Waals surface area contributed by atoms with E-state index in [1.807, 2.05) is 0 Å². The molecular formula is C28H26NiP+. The molecule has 0 aliphatic rings. The molecule has 0 spiro atoms. The fourth-order valence-corrected chi connectivity index (χ4v) is 5.96. The predicted octanol–water partition coefficient (Wildman–Crippen LogP) is 6.18. The van der Waals surface area contributed by atoms with Crippen molar-refractivity contribution in [2.24, 2.45) is 0 Å². The van der Waals surface area contributed by atoms with Gasteiger partial charge in [0.15, 0.2) is 0 Å². The van der Waals surface area contributed by atoms with E-state index in [-0.39, 0.29) is 23.9 Å². The van der Waals surface area contributed by atoms with Crippen molar-refractivity contribution in [2.75, 3.05) is 0 Å². The van der Waals surface area contributed by atoms with Crippen LogP contribution in [0.4, 0.5) is 0 Å². The third-order valence-electron chi connectivity index (χ3n) is 4.73. The van der Waals surface area contributed by atoms with Crippen molar-refractivity contribution in [1.29, 1.82) is 0 Å². The van der Waals surface area contributed by atoms with Gasteiger partial charge in [-0.05, 0) is 36.4 Å². The third-order valence-corrected chi connectivity index (χ3v) is 7.47. The van der Waals surface area contributed by atoms with Crippen LogP contribution in [0.3, 0.4) is 0 Å². The molecule has 0 unspecified atom stereocenters. The van der Waals surface area contributed by atoms with Gasteiger partial charge in [-0.1, -0.05) is 60.7 Å². The second kappa shape index (κ2) is 12.2. The summed E-state index contributed by atoms with van der Waals surface area (Å²) >= 11 is 0. The molecular weight excluding hydrogens is 426 g/mol. The molecule has 5 aromatic rings. The van der Waals surface area contributed by atoms with Crippen LogP contribution in [0.2, 0.25) is 0 Å². The number of rotatable bonds is 3. The van der Waals surface area contributed by atoms with Gasteiger partial charge in [0.2, 0.25) is 0 Å². The molecule has 5 aromatic carbocycles. The summed E-state index contributed by atoms with van der Waals surface area (Å²) < 4.78 is 0. The molecule has 0 atom stereocenters. The second-order valence-corrected chi connectivity index (χ2v) is 9.11. The van der Waals surface area contributed by atoms with Crippen LogP contribution in [0, 0.1) is 7.43 Å². The smallest absolute Gasteiger partial charge is 0.358 e. The molecule has 0 aliphatic heterocycles. The van der Waals surface area contributed by atoms with Gasteiger partial charge in [0.25, 0.3) is 0 Å². The maximum atomic E-state index is 2.24. The Bertz CT molecular complexity index is 978. The Morgan fingerprint density at radius 2 is 0.867 bits per heavy atom. The molecule has 2 heteroatoms. The fourth-order valence-electron chi connectivity index (χ4n) is 3.38. The van der Waals surface area contributed by atoms with Crippen molar-refractivity contribution in [3.05, 3.63) is 141 Å². The van der Waals surface area contributed by atoms with Gasteiger partial charge in [-0.15, -0.1) is 29.7 Å². The first-order valence-corrected chi connectivity index (χ1v) is 11.1. The van der Waals surface area contributed by atoms with E-state index in [1.165, 1.54) is 26.7 Å². The van der Waals surface area contributed by atoms with E-state index in [4.69, 9.17) is 0 Å². The van der Waals surface area contributed by atoms with Crippen molar-refractivity contribution < 1.29 is 16.5 Å². The number of fused-ring (bicyclic) bond motifs is 1. The van der Waals surface area contributed by atoms with Gasteiger partial charge < -0.3 is 7.43 Å². The largest absolute Gasteiger partial charge is 2.00 e. The number of benzene rings is 4. The Labute approximate surface area is 191 Å². The zero-order chi connectivity index (χ0) is 19.0. The van der Waals surface area contributed by atoms with E-state index >= 15 is 0 Å². The fraction of sp³-hybridized carbons (Fsp3) is 0. The molecule has 5 rings (SSSR count). The molecule has 0 aliphatic carbocycles. The van der Waals surface area contributed by atoms with E-state index in [0.29, 0.717) is 0 Å². The Hall–Kier alpha value is -2.59. The molecule has 0 amide bonds. The van der Waals surface area contributed by atoms with Crippen LogP contribution in [-0.2, 0) is 16.5 Å². The molecule has 0 radical (unpaired) electrons. The van der Waals surface area contributed by atoms with E-state index in [1.54, 1.807) is 0 Å². The molecule has 0 N–H and O–H groups in total. The minimum Gasteiger partial charge on any atom is -0.358 e. The molecule has 0 nitrogen and oxygen atoms in total. The average Bonchev–Trinajstić information content (AvgIpc) is 3.26. The van der Waals surface area contributed by atoms with Crippen LogP contribution >= 0.6 is 7.92 Å². The molecule has 0 aromatic heterocycles. The molecule has 0 saturated carbocycles. The quantitative estimate of drug-likeness (QED) is 0.174. The normalized spacial score (nSPS) is 9.77. The summed E-state index contributed by atoms with van der Waals surface area (Å²) in [7, 11) is -0.877. The summed E-state index contributed by atoms with van der Waals surface area (Å²) in [5, 5.41) is 6.97. The predicted molar refractivity (Wildman–Crippen MR) is 132 cm³/mol. The number of hydrogen-bond acceptors (Lipinski definition) is 0. The Balaban J connectivity index is 0.000000246. The molecule has 0 fully saturated rings. The maximum Gasteiger partial charge on any atom is 2.00 e. The number of hydrogen-bond donors (Lipinski definition) is 0. The zero-order valence-electron chi connectivity index (χ0n) is 17.0. The van der Waals surface area contributed by atoms with E-state index in [0.717, 1.165) is 0 Å². The van der Waals surface area contributed by atoms with Crippen LogP contribution in [0.15, 0.2) is 133 Å². The third kappa shape index (κ3) is 5.96. The SMILES string of the molecule is [CH3-].[Ni+2].c1ccc([PH+](c2ccccc2)c2ccccc2)cc1.c1ccc2[cH-]ccc2c1. The summed E-state index contributed by atoms with van der Waals surface area (Å²) in [4.78, 5) is 0. The monoisotopic (exact) mass is 451 g/mol. The van der Waals surface area contributed by atoms with Crippen molar-refractivity contribution in [3.8, 4) is 0 Å². The van der Waals surface area contributed by atoms with Gasteiger partial charge in [-0.3, -0.25) is 0 Å². The van der Waals surface area contributed by atoms with Gasteiger partial charge in [-0.25, -0.2) is 0 Å². The topological polar surface area (TPSA) is 0 Å². The van der Waals surface area contributed by atoms with E-state index in [9.17, 15) is 0 Å². The first-order chi connectivity index (χ1) is 13.9. The second-order valence-electron chi connectivity index (χ2n) is 6.63. The summed E-state index contributed by atoms with van der Waals surface area (Å²) in [6.45, 7) is 0. The Morgan fingerprint density at radius 3 is 1.30 bits per heavy atom. The Morgan fingerprint density at radius 1 is 0.467 bits per heavy atom. The summed E-state index contributed by atoms with van der Waals surface area (Å²) in [5.41, 5.74) is 0. The van der Waals surface area contributed by atoms with Crippen molar-refractivity contribution in [2.45, 2.75) is 0 Å². The molecule has 0 heterocycles. The van der Waals surface area contributed by atoms with Crippen LogP contribution in [0.25, 0.3) is 10.8 Å². The minimum absolute atomic E-state index is 0. The summed E-state index contributed by atoms with van der Waals surface area (Å²) in [6, 6.07) is 47.2. The molecule has 30 heavy (non-hydrogen) atoms. The molecule has 0 bridgehead atoms. The van der Waals surface area contributed by atoms with Crippen LogP contribution < -0.4 is 15.9 Å². The summed E-state index contributed by atoms with van der Waals surface area (Å²) in [5.74, 6) is 0. The van der Waals surface area contributed by atoms with E-state index < -0.39 is 7.92 Å².